The van der Waals surface area contributed by atoms with Crippen molar-refractivity contribution in [3.63, 3.8) is 0 Å². The number of methoxy groups -OCH3 is 1. The number of nitrogens with one attached hydrogen (secondary N) is 2. The summed E-state index contributed by atoms with van der Waals surface area (Å²) in [6.45, 7) is 0. The Balaban J connectivity index is 1.80. The van der Waals surface area contributed by atoms with Gasteiger partial charge in [0.2, 0.25) is 0 Å². The van der Waals surface area contributed by atoms with Crippen molar-refractivity contribution in [2.45, 2.75) is 0 Å². The zero-order chi connectivity index (χ0) is 17.4. The predicted molar refractivity (Wildman–Crippen MR) is 94.6 cm³/mol. The molecule has 25 heavy (non-hydrogen) atoms. The van der Waals surface area contributed by atoms with Crippen LogP contribution in [0, 0.1) is 0 Å². The lowest BCUT2D eigenvalue weighted by atomic mass is 10.2. The largest absolute Gasteiger partial charge is 0.465 e. The smallest absolute Gasteiger partial charge is 0.339 e. The van der Waals surface area contributed by atoms with Crippen LogP contribution in [0.5, 0.6) is 0 Å². The van der Waals surface area contributed by atoms with Gasteiger partial charge in [-0.25, -0.2) is 14.8 Å². The van der Waals surface area contributed by atoms with Gasteiger partial charge in [-0.05, 0) is 18.2 Å². The maximum atomic E-state index is 12.1. The van der Waals surface area contributed by atoms with Gasteiger partial charge >= 0.3 is 5.97 Å². The number of aromatic amines is 2. The molecule has 0 aromatic carbocycles. The topological polar surface area (TPSA) is 101 Å². The van der Waals surface area contributed by atoms with Gasteiger partial charge in [-0.3, -0.25) is 4.79 Å². The molecule has 0 atom stereocenters. The summed E-state index contributed by atoms with van der Waals surface area (Å²) in [5.74, 6) is -0.517. The molecule has 0 aliphatic rings. The fraction of sp³-hybridized carbons (Fsp3) is 0.0588. The second-order valence-corrected chi connectivity index (χ2v) is 6.12. The third-order valence-corrected chi connectivity index (χ3v) is 4.66. The number of carbonyl (C=O) groups excluding carboxylic acids is 1. The average Bonchev–Trinajstić information content (AvgIpc) is 3.28. The highest BCUT2D eigenvalue weighted by atomic mass is 32.1. The van der Waals surface area contributed by atoms with Crippen molar-refractivity contribution in [3.05, 3.63) is 58.1 Å². The van der Waals surface area contributed by atoms with Crippen LogP contribution >= 0.6 is 11.3 Å². The lowest BCUT2D eigenvalue weighted by Gasteiger charge is -2.00. The van der Waals surface area contributed by atoms with Crippen molar-refractivity contribution in [1.82, 2.24) is 19.9 Å². The number of fused-ring (bicyclic) bond motifs is 1. The van der Waals surface area contributed by atoms with Gasteiger partial charge in [0.15, 0.2) is 0 Å². The minimum Gasteiger partial charge on any atom is -0.465 e. The van der Waals surface area contributed by atoms with Crippen molar-refractivity contribution >= 4 is 28.3 Å². The highest BCUT2D eigenvalue weighted by molar-refractivity contribution is 7.13. The molecule has 8 heteroatoms. The van der Waals surface area contributed by atoms with E-state index >= 15 is 0 Å². The number of hydrogen-bond donors (Lipinski definition) is 2. The number of nitrogens with zero attached hydrogens (tertiary/aromatic N) is 2. The Kier molecular flexibility index (Phi) is 3.66. The summed E-state index contributed by atoms with van der Waals surface area (Å²) in [6.07, 6.45) is 4.88. The third-order valence-electron chi connectivity index (χ3n) is 3.79. The van der Waals surface area contributed by atoms with Crippen molar-refractivity contribution in [2.75, 3.05) is 7.11 Å². The fourth-order valence-corrected chi connectivity index (χ4v) is 3.40. The van der Waals surface area contributed by atoms with Crippen molar-refractivity contribution in [1.29, 1.82) is 0 Å². The fourth-order valence-electron chi connectivity index (χ4n) is 2.57. The first-order valence-corrected chi connectivity index (χ1v) is 8.25. The van der Waals surface area contributed by atoms with E-state index < -0.39 is 5.97 Å². The van der Waals surface area contributed by atoms with E-state index in [4.69, 9.17) is 4.74 Å². The van der Waals surface area contributed by atoms with Gasteiger partial charge in [-0.1, -0.05) is 0 Å². The monoisotopic (exact) mass is 352 g/mol. The minimum absolute atomic E-state index is 0.269. The van der Waals surface area contributed by atoms with Gasteiger partial charge in [0.05, 0.1) is 23.9 Å². The second kappa shape index (κ2) is 5.99. The number of ether oxygens (including phenoxy) is 1. The third kappa shape index (κ3) is 2.62. The van der Waals surface area contributed by atoms with Crippen LogP contribution in [0.1, 0.15) is 10.4 Å². The molecule has 0 aliphatic heterocycles. The van der Waals surface area contributed by atoms with Crippen LogP contribution in [0.2, 0.25) is 0 Å². The van der Waals surface area contributed by atoms with Crippen LogP contribution in [0.3, 0.4) is 0 Å². The standard InChI is InChI=1S/C17H12N4O3S/c1-24-17(23)9-5-11(15(22)20-6-9)16-21-13(8-25-16)12-7-19-14-10(12)3-2-4-18-14/h2-8H,1H3,(H,18,19)(H,20,22). The van der Waals surface area contributed by atoms with Gasteiger partial charge in [-0.15, -0.1) is 11.3 Å². The van der Waals surface area contributed by atoms with Crippen molar-refractivity contribution in [3.8, 4) is 21.8 Å². The van der Waals surface area contributed by atoms with Crippen LogP contribution in [-0.4, -0.2) is 33.0 Å². The zero-order valence-electron chi connectivity index (χ0n) is 13.1. The summed E-state index contributed by atoms with van der Waals surface area (Å²) in [6, 6.07) is 5.30. The van der Waals surface area contributed by atoms with Crippen molar-refractivity contribution < 1.29 is 9.53 Å². The maximum absolute atomic E-state index is 12.1. The van der Waals surface area contributed by atoms with Crippen molar-refractivity contribution in [2.24, 2.45) is 0 Å². The molecule has 124 valence electrons. The van der Waals surface area contributed by atoms with Crippen LogP contribution in [0.15, 0.2) is 47.0 Å². The number of H-pyrrole nitrogens is 2. The molecular weight excluding hydrogens is 340 g/mol. The molecular formula is C17H12N4O3S. The van der Waals surface area contributed by atoms with E-state index in [1.54, 1.807) is 6.20 Å². The minimum atomic E-state index is -0.517. The number of hydrogen-bond acceptors (Lipinski definition) is 6. The Labute approximate surface area is 145 Å². The molecule has 0 fully saturated rings. The number of rotatable bonds is 3. The first-order valence-electron chi connectivity index (χ1n) is 7.37. The molecule has 0 aliphatic carbocycles. The molecule has 7 nitrogen and oxygen atoms in total. The van der Waals surface area contributed by atoms with E-state index in [1.807, 2.05) is 23.7 Å². The Bertz CT molecular complexity index is 1140. The summed E-state index contributed by atoms with van der Waals surface area (Å²) >= 11 is 1.33. The number of aromatic nitrogens is 4. The Morgan fingerprint density at radius 2 is 2.12 bits per heavy atom. The van der Waals surface area contributed by atoms with E-state index in [-0.39, 0.29) is 11.1 Å². The molecule has 0 unspecified atom stereocenters. The van der Waals surface area contributed by atoms with Crippen LogP contribution in [-0.2, 0) is 4.74 Å². The van der Waals surface area contributed by atoms with Gasteiger partial charge in [-0.2, -0.15) is 0 Å². The first-order chi connectivity index (χ1) is 12.2. The van der Waals surface area contributed by atoms with E-state index in [9.17, 15) is 9.59 Å². The average molecular weight is 352 g/mol. The summed E-state index contributed by atoms with van der Waals surface area (Å²) in [7, 11) is 1.29. The van der Waals surface area contributed by atoms with Gasteiger partial charge < -0.3 is 14.7 Å². The molecule has 4 rings (SSSR count). The van der Waals surface area contributed by atoms with E-state index in [0.717, 1.165) is 22.3 Å². The molecule has 0 radical (unpaired) electrons. The molecule has 2 N–H and O–H groups in total. The maximum Gasteiger partial charge on any atom is 0.339 e. The second-order valence-electron chi connectivity index (χ2n) is 5.26. The van der Waals surface area contributed by atoms with Crippen LogP contribution in [0.25, 0.3) is 32.9 Å². The summed E-state index contributed by atoms with van der Waals surface area (Å²) in [5.41, 5.74) is 2.71. The van der Waals surface area contributed by atoms with Crippen LogP contribution in [0.4, 0.5) is 0 Å². The predicted octanol–water partition coefficient (Wildman–Crippen LogP) is 2.83. The number of thiazole rings is 1. The lowest BCUT2D eigenvalue weighted by molar-refractivity contribution is 0.0600. The molecule has 0 saturated heterocycles. The zero-order valence-corrected chi connectivity index (χ0v) is 13.9. The molecule has 4 aromatic rings. The Morgan fingerprint density at radius 3 is 2.96 bits per heavy atom. The summed E-state index contributed by atoms with van der Waals surface area (Å²) in [4.78, 5) is 38.3. The normalized spacial score (nSPS) is 10.9. The molecule has 0 spiro atoms. The molecule has 4 aromatic heterocycles. The SMILES string of the molecule is COC(=O)c1c[nH]c(=O)c(-c2nc(-c3c[nH]c4ncccc34)cs2)c1. The van der Waals surface area contributed by atoms with Gasteiger partial charge in [0.1, 0.15) is 10.7 Å². The quantitative estimate of drug-likeness (QED) is 0.552. The molecule has 0 amide bonds. The summed E-state index contributed by atoms with van der Waals surface area (Å²) < 4.78 is 4.69. The number of esters is 1. The van der Waals surface area contributed by atoms with E-state index in [1.165, 1.54) is 30.7 Å². The lowest BCUT2D eigenvalue weighted by Crippen LogP contribution is -2.12. The highest BCUT2D eigenvalue weighted by Gasteiger charge is 2.15. The molecule has 0 bridgehead atoms. The van der Waals surface area contributed by atoms with E-state index in [0.29, 0.717) is 10.6 Å². The Hall–Kier alpha value is -3.26. The Morgan fingerprint density at radius 1 is 1.24 bits per heavy atom. The van der Waals surface area contributed by atoms with Gasteiger partial charge in [0.25, 0.3) is 5.56 Å². The molecule has 0 saturated carbocycles. The van der Waals surface area contributed by atoms with Gasteiger partial charge in [0, 0.05) is 34.9 Å². The molecule has 4 heterocycles. The summed E-state index contributed by atoms with van der Waals surface area (Å²) in [5, 5.41) is 3.35. The number of carbonyl (C=O) groups is 1. The first kappa shape index (κ1) is 15.3. The number of pyridine rings is 2. The van der Waals surface area contributed by atoms with E-state index in [2.05, 4.69) is 19.9 Å². The highest BCUT2D eigenvalue weighted by Crippen LogP contribution is 2.31. The van der Waals surface area contributed by atoms with Crippen LogP contribution < -0.4 is 5.56 Å².